The van der Waals surface area contributed by atoms with Crippen LogP contribution in [0.2, 0.25) is 0 Å². The van der Waals surface area contributed by atoms with Gasteiger partial charge in [-0.05, 0) is 19.9 Å². The number of furan rings is 1. The molecule has 1 heterocycles. The largest absolute Gasteiger partial charge is 0.469 e. The third kappa shape index (κ3) is 3.73. The summed E-state index contributed by atoms with van der Waals surface area (Å²) >= 11 is 0. The lowest BCUT2D eigenvalue weighted by Crippen LogP contribution is -2.32. The molecular formula is C21H18O8. The van der Waals surface area contributed by atoms with E-state index in [1.807, 2.05) is 0 Å². The van der Waals surface area contributed by atoms with E-state index in [9.17, 15) is 24.0 Å². The molecule has 1 aromatic carbocycles. The van der Waals surface area contributed by atoms with Gasteiger partial charge in [-0.2, -0.15) is 0 Å². The van der Waals surface area contributed by atoms with Crippen molar-refractivity contribution in [2.75, 3.05) is 13.7 Å². The number of esters is 2. The highest BCUT2D eigenvalue weighted by atomic mass is 16.5. The van der Waals surface area contributed by atoms with Gasteiger partial charge >= 0.3 is 11.9 Å². The molecule has 2 aromatic rings. The Morgan fingerprint density at radius 3 is 2.24 bits per heavy atom. The van der Waals surface area contributed by atoms with Crippen LogP contribution >= 0.6 is 0 Å². The van der Waals surface area contributed by atoms with Gasteiger partial charge in [0.25, 0.3) is 0 Å². The van der Waals surface area contributed by atoms with Crippen LogP contribution in [0.5, 0.6) is 0 Å². The van der Waals surface area contributed by atoms with Crippen molar-refractivity contribution in [2.24, 2.45) is 5.41 Å². The van der Waals surface area contributed by atoms with Gasteiger partial charge in [0.1, 0.15) is 13.0 Å². The van der Waals surface area contributed by atoms with Crippen LogP contribution in [0.1, 0.15) is 62.9 Å². The first-order valence-electron chi connectivity index (χ1n) is 8.75. The van der Waals surface area contributed by atoms with Crippen LogP contribution in [0.25, 0.3) is 0 Å². The monoisotopic (exact) mass is 398 g/mol. The number of benzene rings is 1. The first kappa shape index (κ1) is 20.2. The van der Waals surface area contributed by atoms with E-state index in [-0.39, 0.29) is 34.8 Å². The lowest BCUT2D eigenvalue weighted by Gasteiger charge is -2.20. The van der Waals surface area contributed by atoms with Gasteiger partial charge in [0, 0.05) is 11.1 Å². The summed E-state index contributed by atoms with van der Waals surface area (Å²) in [6.45, 7) is 2.79. The standard InChI is InChI=1S/C21H18O8/c1-21(2,20(26)27-3)10-28-16(23)9-14(22)15-8-13-17(24)11-6-4-5-7-12(11)18(25)19(13)29-15/h4-8H,9-10H2,1-3H3. The summed E-state index contributed by atoms with van der Waals surface area (Å²) in [5.41, 5.74) is -0.656. The van der Waals surface area contributed by atoms with E-state index >= 15 is 0 Å². The van der Waals surface area contributed by atoms with Gasteiger partial charge in [-0.15, -0.1) is 0 Å². The van der Waals surface area contributed by atoms with Gasteiger partial charge in [-0.3, -0.25) is 24.0 Å². The lowest BCUT2D eigenvalue weighted by molar-refractivity contribution is -0.158. The minimum absolute atomic E-state index is 0.0164. The Balaban J connectivity index is 1.72. The van der Waals surface area contributed by atoms with Crippen molar-refractivity contribution in [3.63, 3.8) is 0 Å². The predicted molar refractivity (Wildman–Crippen MR) is 97.7 cm³/mol. The number of methoxy groups -OCH3 is 1. The number of fused-ring (bicyclic) bond motifs is 2. The fourth-order valence-electron chi connectivity index (χ4n) is 2.88. The van der Waals surface area contributed by atoms with Crippen molar-refractivity contribution in [1.29, 1.82) is 0 Å². The summed E-state index contributed by atoms with van der Waals surface area (Å²) in [7, 11) is 1.22. The molecule has 3 rings (SSSR count). The van der Waals surface area contributed by atoms with Crippen LogP contribution in [0.3, 0.4) is 0 Å². The van der Waals surface area contributed by atoms with Crippen molar-refractivity contribution in [3.8, 4) is 0 Å². The van der Waals surface area contributed by atoms with E-state index in [1.54, 1.807) is 12.1 Å². The number of carbonyl (C=O) groups excluding carboxylic acids is 5. The van der Waals surface area contributed by atoms with Crippen LogP contribution in [0.4, 0.5) is 0 Å². The van der Waals surface area contributed by atoms with Crippen molar-refractivity contribution < 1.29 is 37.9 Å². The van der Waals surface area contributed by atoms with Crippen molar-refractivity contribution >= 4 is 29.3 Å². The second-order valence-electron chi connectivity index (χ2n) is 7.19. The smallest absolute Gasteiger partial charge is 0.314 e. The quantitative estimate of drug-likeness (QED) is 0.353. The zero-order chi connectivity index (χ0) is 21.3. The molecule has 1 aliphatic rings. The second kappa shape index (κ2) is 7.46. The molecule has 8 heteroatoms. The minimum Gasteiger partial charge on any atom is -0.469 e. The van der Waals surface area contributed by atoms with Crippen LogP contribution < -0.4 is 0 Å². The lowest BCUT2D eigenvalue weighted by atomic mass is 9.88. The third-order valence-electron chi connectivity index (χ3n) is 4.51. The summed E-state index contributed by atoms with van der Waals surface area (Å²) in [6.07, 6.45) is -0.668. The molecule has 0 N–H and O–H groups in total. The van der Waals surface area contributed by atoms with Gasteiger partial charge in [-0.25, -0.2) is 0 Å². The Morgan fingerprint density at radius 1 is 1.00 bits per heavy atom. The van der Waals surface area contributed by atoms with E-state index < -0.39 is 41.1 Å². The van der Waals surface area contributed by atoms with Gasteiger partial charge in [-0.1, -0.05) is 24.3 Å². The maximum atomic E-state index is 12.6. The third-order valence-corrected chi connectivity index (χ3v) is 4.51. The average molecular weight is 398 g/mol. The molecule has 0 fully saturated rings. The van der Waals surface area contributed by atoms with Crippen molar-refractivity contribution in [2.45, 2.75) is 20.3 Å². The average Bonchev–Trinajstić information content (AvgIpc) is 3.16. The zero-order valence-electron chi connectivity index (χ0n) is 16.1. The number of ether oxygens (including phenoxy) is 2. The molecule has 0 spiro atoms. The molecule has 0 saturated heterocycles. The number of hydrogen-bond donors (Lipinski definition) is 0. The molecule has 0 radical (unpaired) electrons. The topological polar surface area (TPSA) is 117 Å². The first-order chi connectivity index (χ1) is 13.7. The zero-order valence-corrected chi connectivity index (χ0v) is 16.1. The van der Waals surface area contributed by atoms with Crippen molar-refractivity contribution in [3.05, 3.63) is 58.5 Å². The molecular weight excluding hydrogens is 380 g/mol. The Kier molecular flexibility index (Phi) is 5.19. The number of rotatable bonds is 6. The summed E-state index contributed by atoms with van der Waals surface area (Å²) in [5, 5.41) is 0. The van der Waals surface area contributed by atoms with Gasteiger partial charge in [0.05, 0.1) is 18.1 Å². The Bertz CT molecular complexity index is 988. The Hall–Kier alpha value is -3.55. The molecule has 0 saturated carbocycles. The normalized spacial score (nSPS) is 12.8. The van der Waals surface area contributed by atoms with Crippen LogP contribution in [-0.4, -0.2) is 43.0 Å². The SMILES string of the molecule is COC(=O)C(C)(C)COC(=O)CC(=O)c1cc2c(o1)C(=O)c1ccccc1C2=O. The maximum Gasteiger partial charge on any atom is 0.314 e. The predicted octanol–water partition coefficient (Wildman–Crippen LogP) is 2.37. The minimum atomic E-state index is -1.07. The number of carbonyl (C=O) groups is 5. The van der Waals surface area contributed by atoms with E-state index in [2.05, 4.69) is 4.74 Å². The van der Waals surface area contributed by atoms with Crippen molar-refractivity contribution in [1.82, 2.24) is 0 Å². The van der Waals surface area contributed by atoms with Crippen LogP contribution in [-0.2, 0) is 19.1 Å². The highest BCUT2D eigenvalue weighted by Gasteiger charge is 2.35. The fraction of sp³-hybridized carbons (Fsp3) is 0.286. The molecule has 29 heavy (non-hydrogen) atoms. The molecule has 8 nitrogen and oxygen atoms in total. The van der Waals surface area contributed by atoms with Crippen LogP contribution in [0.15, 0.2) is 34.7 Å². The van der Waals surface area contributed by atoms with Gasteiger partial charge in [0.2, 0.25) is 11.6 Å². The Morgan fingerprint density at radius 2 is 1.62 bits per heavy atom. The number of hydrogen-bond acceptors (Lipinski definition) is 8. The highest BCUT2D eigenvalue weighted by molar-refractivity contribution is 6.28. The molecule has 0 aliphatic heterocycles. The van der Waals surface area contributed by atoms with E-state index in [0.717, 1.165) is 0 Å². The van der Waals surface area contributed by atoms with Crippen LogP contribution in [0, 0.1) is 5.41 Å². The van der Waals surface area contributed by atoms with E-state index in [4.69, 9.17) is 9.15 Å². The molecule has 1 aromatic heterocycles. The molecule has 0 unspecified atom stereocenters. The highest BCUT2D eigenvalue weighted by Crippen LogP contribution is 2.30. The summed E-state index contributed by atoms with van der Waals surface area (Å²) in [5.74, 6) is -3.62. The molecule has 150 valence electrons. The molecule has 1 aliphatic carbocycles. The summed E-state index contributed by atoms with van der Waals surface area (Å²) < 4.78 is 14.9. The maximum absolute atomic E-state index is 12.6. The second-order valence-corrected chi connectivity index (χ2v) is 7.19. The molecule has 0 amide bonds. The molecule has 0 atom stereocenters. The molecule has 0 bridgehead atoms. The summed E-state index contributed by atoms with van der Waals surface area (Å²) in [6, 6.07) is 7.44. The summed E-state index contributed by atoms with van der Waals surface area (Å²) in [4.78, 5) is 61.0. The Labute approximate surface area is 165 Å². The fourth-order valence-corrected chi connectivity index (χ4v) is 2.88. The van der Waals surface area contributed by atoms with E-state index in [1.165, 1.54) is 39.2 Å². The number of Topliss-reactive ketones (excluding diaryl/α,β-unsaturated/α-hetero) is 1. The first-order valence-corrected chi connectivity index (χ1v) is 8.75. The van der Waals surface area contributed by atoms with Gasteiger partial charge < -0.3 is 13.9 Å². The van der Waals surface area contributed by atoms with E-state index in [0.29, 0.717) is 0 Å². The van der Waals surface area contributed by atoms with Gasteiger partial charge in [0.15, 0.2) is 17.3 Å². The number of ketones is 3.